The molecule has 0 amide bonds. The molecule has 0 heterocycles. The second kappa shape index (κ2) is 7.25. The summed E-state index contributed by atoms with van der Waals surface area (Å²) in [6.45, 7) is 4.17. The molecule has 0 radical (unpaired) electrons. The molecule has 1 atom stereocenters. The summed E-state index contributed by atoms with van der Waals surface area (Å²) < 4.78 is 26.3. The average Bonchev–Trinajstić information content (AvgIpc) is 2.29. The summed E-state index contributed by atoms with van der Waals surface area (Å²) in [5.74, 6) is -0.807. The molecule has 0 aliphatic rings. The Balaban J connectivity index is 2.39. The first-order valence-electron chi connectivity index (χ1n) is 6.35. The predicted molar refractivity (Wildman–Crippen MR) is 68.2 cm³/mol. The van der Waals surface area contributed by atoms with Gasteiger partial charge in [-0.3, -0.25) is 0 Å². The summed E-state index contributed by atoms with van der Waals surface area (Å²) in [7, 11) is 0. The highest BCUT2D eigenvalue weighted by Crippen LogP contribution is 2.17. The number of benzene rings is 1. The van der Waals surface area contributed by atoms with Crippen LogP contribution < -0.4 is 5.32 Å². The van der Waals surface area contributed by atoms with Gasteiger partial charge in [-0.15, -0.1) is 0 Å². The highest BCUT2D eigenvalue weighted by molar-refractivity contribution is 5.45. The van der Waals surface area contributed by atoms with Crippen molar-refractivity contribution in [2.45, 2.75) is 52.0 Å². The zero-order valence-electron chi connectivity index (χ0n) is 10.6. The molecule has 0 fully saturated rings. The Morgan fingerprint density at radius 3 is 2.65 bits per heavy atom. The molecule has 96 valence electrons. The fraction of sp³-hybridized carbons (Fsp3) is 0.571. The van der Waals surface area contributed by atoms with Crippen molar-refractivity contribution in [1.29, 1.82) is 0 Å². The zero-order valence-corrected chi connectivity index (χ0v) is 10.6. The number of rotatable bonds is 7. The lowest BCUT2D eigenvalue weighted by molar-refractivity contribution is 0.579. The van der Waals surface area contributed by atoms with Crippen LogP contribution in [0.5, 0.6) is 0 Å². The van der Waals surface area contributed by atoms with Gasteiger partial charge >= 0.3 is 0 Å². The molecule has 1 N–H and O–H groups in total. The maximum atomic E-state index is 13.3. The largest absolute Gasteiger partial charge is 0.380 e. The van der Waals surface area contributed by atoms with Gasteiger partial charge < -0.3 is 5.32 Å². The second-order valence-electron chi connectivity index (χ2n) is 4.52. The number of unbranched alkanes of at least 4 members (excludes halogenated alkanes) is 3. The molecule has 0 aliphatic carbocycles. The molecule has 17 heavy (non-hydrogen) atoms. The Kier molecular flexibility index (Phi) is 5.95. The van der Waals surface area contributed by atoms with E-state index >= 15 is 0 Å². The Hall–Kier alpha value is -1.12. The van der Waals surface area contributed by atoms with Crippen molar-refractivity contribution in [2.24, 2.45) is 0 Å². The van der Waals surface area contributed by atoms with Crippen LogP contribution in [-0.4, -0.2) is 6.04 Å². The second-order valence-corrected chi connectivity index (χ2v) is 4.52. The molecule has 1 unspecified atom stereocenters. The van der Waals surface area contributed by atoms with Gasteiger partial charge in [-0.2, -0.15) is 0 Å². The third kappa shape index (κ3) is 5.16. The Morgan fingerprint density at radius 1 is 1.18 bits per heavy atom. The quantitative estimate of drug-likeness (QED) is 0.680. The van der Waals surface area contributed by atoms with E-state index in [1.54, 1.807) is 0 Å². The number of anilines is 1. The van der Waals surface area contributed by atoms with Crippen LogP contribution in [0, 0.1) is 11.6 Å². The maximum absolute atomic E-state index is 13.3. The highest BCUT2D eigenvalue weighted by Gasteiger charge is 2.07. The van der Waals surface area contributed by atoms with Crippen molar-refractivity contribution < 1.29 is 8.78 Å². The first-order valence-corrected chi connectivity index (χ1v) is 6.35. The van der Waals surface area contributed by atoms with Gasteiger partial charge in [0.1, 0.15) is 11.6 Å². The van der Waals surface area contributed by atoms with Gasteiger partial charge in [-0.1, -0.05) is 32.6 Å². The molecule has 1 rings (SSSR count). The number of hydrogen-bond donors (Lipinski definition) is 1. The lowest BCUT2D eigenvalue weighted by Crippen LogP contribution is -2.16. The summed E-state index contributed by atoms with van der Waals surface area (Å²) in [5, 5.41) is 3.01. The minimum absolute atomic E-state index is 0.170. The number of hydrogen-bond acceptors (Lipinski definition) is 1. The molecule has 1 aromatic rings. The molecule has 3 heteroatoms. The van der Waals surface area contributed by atoms with Gasteiger partial charge in [0.2, 0.25) is 0 Å². The van der Waals surface area contributed by atoms with Crippen molar-refractivity contribution in [3.05, 3.63) is 29.8 Å². The van der Waals surface area contributed by atoms with Crippen LogP contribution in [0.3, 0.4) is 0 Å². The van der Waals surface area contributed by atoms with Gasteiger partial charge in [0.15, 0.2) is 0 Å². The van der Waals surface area contributed by atoms with E-state index in [1.165, 1.54) is 25.3 Å². The minimum Gasteiger partial charge on any atom is -0.380 e. The Labute approximate surface area is 102 Å². The van der Waals surface area contributed by atoms with E-state index in [1.807, 2.05) is 6.92 Å². The Bertz CT molecular complexity index is 339. The van der Waals surface area contributed by atoms with E-state index < -0.39 is 11.6 Å². The lowest BCUT2D eigenvalue weighted by Gasteiger charge is -2.15. The molecule has 0 saturated carbocycles. The minimum atomic E-state index is -0.410. The summed E-state index contributed by atoms with van der Waals surface area (Å²) in [4.78, 5) is 0. The molecular formula is C14H21F2N. The highest BCUT2D eigenvalue weighted by atomic mass is 19.1. The topological polar surface area (TPSA) is 12.0 Å². The maximum Gasteiger partial charge on any atom is 0.146 e. The SMILES string of the molecule is CCCCCCC(C)Nc1cc(F)ccc1F. The smallest absolute Gasteiger partial charge is 0.146 e. The molecule has 0 bridgehead atoms. The van der Waals surface area contributed by atoms with Crippen LogP contribution in [0.1, 0.15) is 46.0 Å². The van der Waals surface area contributed by atoms with Crippen molar-refractivity contribution >= 4 is 5.69 Å². The van der Waals surface area contributed by atoms with Crippen LogP contribution in [-0.2, 0) is 0 Å². The van der Waals surface area contributed by atoms with Crippen LogP contribution >= 0.6 is 0 Å². The molecule has 1 aromatic carbocycles. The van der Waals surface area contributed by atoms with Gasteiger partial charge in [-0.25, -0.2) is 8.78 Å². The van der Waals surface area contributed by atoms with Crippen molar-refractivity contribution in [1.82, 2.24) is 0 Å². The van der Waals surface area contributed by atoms with Gasteiger partial charge in [0, 0.05) is 6.04 Å². The van der Waals surface area contributed by atoms with Gasteiger partial charge in [0.05, 0.1) is 5.69 Å². The lowest BCUT2D eigenvalue weighted by atomic mass is 10.1. The molecule has 0 aliphatic heterocycles. The van der Waals surface area contributed by atoms with Crippen LogP contribution in [0.4, 0.5) is 14.5 Å². The third-order valence-electron chi connectivity index (χ3n) is 2.82. The third-order valence-corrected chi connectivity index (χ3v) is 2.82. The van der Waals surface area contributed by atoms with Crippen molar-refractivity contribution in [3.8, 4) is 0 Å². The first-order chi connectivity index (χ1) is 8.13. The van der Waals surface area contributed by atoms with Crippen molar-refractivity contribution in [2.75, 3.05) is 5.32 Å². The fourth-order valence-corrected chi connectivity index (χ4v) is 1.82. The molecule has 0 saturated heterocycles. The van der Waals surface area contributed by atoms with E-state index in [0.29, 0.717) is 0 Å². The van der Waals surface area contributed by atoms with E-state index in [-0.39, 0.29) is 11.7 Å². The van der Waals surface area contributed by atoms with Crippen LogP contribution in [0.25, 0.3) is 0 Å². The molecular weight excluding hydrogens is 220 g/mol. The predicted octanol–water partition coefficient (Wildman–Crippen LogP) is 4.74. The standard InChI is InChI=1S/C14H21F2N/c1-3-4-5-6-7-11(2)17-14-10-12(15)8-9-13(14)16/h8-11,17H,3-7H2,1-2H3. The van der Waals surface area contributed by atoms with E-state index in [9.17, 15) is 8.78 Å². The number of nitrogens with one attached hydrogen (secondary N) is 1. The van der Waals surface area contributed by atoms with E-state index in [0.717, 1.165) is 25.0 Å². The van der Waals surface area contributed by atoms with E-state index in [4.69, 9.17) is 0 Å². The van der Waals surface area contributed by atoms with Crippen LogP contribution in [0.2, 0.25) is 0 Å². The summed E-state index contributed by atoms with van der Waals surface area (Å²) >= 11 is 0. The van der Waals surface area contributed by atoms with Gasteiger partial charge in [-0.05, 0) is 31.5 Å². The molecule has 0 aromatic heterocycles. The number of halogens is 2. The monoisotopic (exact) mass is 241 g/mol. The Morgan fingerprint density at radius 2 is 1.94 bits per heavy atom. The molecule has 1 nitrogen and oxygen atoms in total. The summed E-state index contributed by atoms with van der Waals surface area (Å²) in [6.07, 6.45) is 5.75. The zero-order chi connectivity index (χ0) is 12.7. The van der Waals surface area contributed by atoms with Gasteiger partial charge in [0.25, 0.3) is 0 Å². The summed E-state index contributed by atoms with van der Waals surface area (Å²) in [5.41, 5.74) is 0.257. The molecule has 0 spiro atoms. The van der Waals surface area contributed by atoms with E-state index in [2.05, 4.69) is 12.2 Å². The fourth-order valence-electron chi connectivity index (χ4n) is 1.82. The average molecular weight is 241 g/mol. The first kappa shape index (κ1) is 13.9. The summed E-state index contributed by atoms with van der Waals surface area (Å²) in [6, 6.07) is 3.66. The normalized spacial score (nSPS) is 12.5. The van der Waals surface area contributed by atoms with Crippen LogP contribution in [0.15, 0.2) is 18.2 Å². The van der Waals surface area contributed by atoms with Crippen molar-refractivity contribution in [3.63, 3.8) is 0 Å².